The SMILES string of the molecule is CC1=CCCN(C(=O)c2cn[nH]c2C)C1. The van der Waals surface area contributed by atoms with Gasteiger partial charge in [0.05, 0.1) is 11.8 Å². The lowest BCUT2D eigenvalue weighted by Gasteiger charge is -2.25. The number of hydrogen-bond donors (Lipinski definition) is 1. The Kier molecular flexibility index (Phi) is 2.58. The molecule has 1 aromatic rings. The number of hydrogen-bond acceptors (Lipinski definition) is 2. The normalized spacial score (nSPS) is 16.4. The number of carbonyl (C=O) groups excluding carboxylic acids is 1. The van der Waals surface area contributed by atoms with Gasteiger partial charge in [-0.25, -0.2) is 0 Å². The van der Waals surface area contributed by atoms with Crippen LogP contribution in [0.1, 0.15) is 29.4 Å². The summed E-state index contributed by atoms with van der Waals surface area (Å²) in [5, 5.41) is 6.66. The minimum atomic E-state index is 0.0775. The fraction of sp³-hybridized carbons (Fsp3) is 0.455. The summed E-state index contributed by atoms with van der Waals surface area (Å²) in [7, 11) is 0. The van der Waals surface area contributed by atoms with Crippen molar-refractivity contribution in [2.75, 3.05) is 13.1 Å². The zero-order valence-electron chi connectivity index (χ0n) is 9.08. The minimum absolute atomic E-state index is 0.0775. The molecule has 0 bridgehead atoms. The molecule has 0 atom stereocenters. The summed E-state index contributed by atoms with van der Waals surface area (Å²) < 4.78 is 0. The molecule has 4 nitrogen and oxygen atoms in total. The Labute approximate surface area is 89.0 Å². The maximum absolute atomic E-state index is 12.1. The van der Waals surface area contributed by atoms with Crippen LogP contribution < -0.4 is 0 Å². The summed E-state index contributed by atoms with van der Waals surface area (Å²) >= 11 is 0. The number of aromatic nitrogens is 2. The Hall–Kier alpha value is -1.58. The highest BCUT2D eigenvalue weighted by atomic mass is 16.2. The second kappa shape index (κ2) is 3.88. The molecule has 1 aromatic heterocycles. The van der Waals surface area contributed by atoms with E-state index in [1.54, 1.807) is 6.20 Å². The largest absolute Gasteiger partial charge is 0.334 e. The Bertz CT molecular complexity index is 406. The highest BCUT2D eigenvalue weighted by Gasteiger charge is 2.20. The van der Waals surface area contributed by atoms with Crippen LogP contribution in [-0.4, -0.2) is 34.1 Å². The smallest absolute Gasteiger partial charge is 0.257 e. The van der Waals surface area contributed by atoms with Gasteiger partial charge in [0.2, 0.25) is 0 Å². The molecule has 4 heteroatoms. The molecule has 0 fully saturated rings. The molecule has 0 unspecified atom stereocenters. The lowest BCUT2D eigenvalue weighted by atomic mass is 10.1. The van der Waals surface area contributed by atoms with Crippen molar-refractivity contribution in [1.82, 2.24) is 15.1 Å². The highest BCUT2D eigenvalue weighted by molar-refractivity contribution is 5.95. The first kappa shape index (κ1) is 9.96. The van der Waals surface area contributed by atoms with E-state index >= 15 is 0 Å². The van der Waals surface area contributed by atoms with E-state index in [1.165, 1.54) is 5.57 Å². The minimum Gasteiger partial charge on any atom is -0.334 e. The van der Waals surface area contributed by atoms with Crippen LogP contribution in [0.2, 0.25) is 0 Å². The van der Waals surface area contributed by atoms with Crippen molar-refractivity contribution >= 4 is 5.91 Å². The van der Waals surface area contributed by atoms with Gasteiger partial charge < -0.3 is 4.90 Å². The van der Waals surface area contributed by atoms with Crippen LogP contribution in [0.5, 0.6) is 0 Å². The van der Waals surface area contributed by atoms with Crippen LogP contribution in [-0.2, 0) is 0 Å². The van der Waals surface area contributed by atoms with Crippen LogP contribution in [0.15, 0.2) is 17.8 Å². The van der Waals surface area contributed by atoms with Gasteiger partial charge in [-0.1, -0.05) is 11.6 Å². The number of H-pyrrole nitrogens is 1. The molecule has 1 N–H and O–H groups in total. The van der Waals surface area contributed by atoms with E-state index in [0.717, 1.165) is 25.2 Å². The standard InChI is InChI=1S/C11H15N3O/c1-8-4-3-5-14(7-8)11(15)10-6-12-13-9(10)2/h4,6H,3,5,7H2,1-2H3,(H,12,13). The highest BCUT2D eigenvalue weighted by Crippen LogP contribution is 2.13. The maximum Gasteiger partial charge on any atom is 0.257 e. The van der Waals surface area contributed by atoms with Crippen molar-refractivity contribution in [3.8, 4) is 0 Å². The van der Waals surface area contributed by atoms with Gasteiger partial charge in [0.1, 0.15) is 0 Å². The molecule has 15 heavy (non-hydrogen) atoms. The van der Waals surface area contributed by atoms with E-state index in [0.29, 0.717) is 5.56 Å². The molecule has 0 saturated heterocycles. The third-order valence-corrected chi connectivity index (χ3v) is 2.68. The fourth-order valence-electron chi connectivity index (χ4n) is 1.82. The van der Waals surface area contributed by atoms with Gasteiger partial charge in [0, 0.05) is 18.8 Å². The molecule has 80 valence electrons. The van der Waals surface area contributed by atoms with Gasteiger partial charge in [-0.3, -0.25) is 9.89 Å². The van der Waals surface area contributed by atoms with Crippen LogP contribution in [0.25, 0.3) is 0 Å². The molecular weight excluding hydrogens is 190 g/mol. The second-order valence-electron chi connectivity index (χ2n) is 3.97. The number of aromatic amines is 1. The summed E-state index contributed by atoms with van der Waals surface area (Å²) in [6.07, 6.45) is 4.74. The molecule has 0 radical (unpaired) electrons. The van der Waals surface area contributed by atoms with Gasteiger partial charge >= 0.3 is 0 Å². The molecule has 1 aliphatic rings. The van der Waals surface area contributed by atoms with Gasteiger partial charge in [-0.15, -0.1) is 0 Å². The lowest BCUT2D eigenvalue weighted by Crippen LogP contribution is -2.35. The molecule has 1 amide bonds. The van der Waals surface area contributed by atoms with E-state index in [9.17, 15) is 4.79 Å². The molecule has 1 aliphatic heterocycles. The van der Waals surface area contributed by atoms with Crippen molar-refractivity contribution in [2.45, 2.75) is 20.3 Å². The first-order valence-corrected chi connectivity index (χ1v) is 5.13. The summed E-state index contributed by atoms with van der Waals surface area (Å²) in [5.41, 5.74) is 2.78. The van der Waals surface area contributed by atoms with E-state index in [1.807, 2.05) is 11.8 Å². The van der Waals surface area contributed by atoms with E-state index in [2.05, 4.69) is 23.2 Å². The van der Waals surface area contributed by atoms with Gasteiger partial charge in [-0.05, 0) is 20.3 Å². The molecule has 0 aliphatic carbocycles. The molecule has 2 heterocycles. The van der Waals surface area contributed by atoms with Crippen molar-refractivity contribution < 1.29 is 4.79 Å². The van der Waals surface area contributed by atoms with Crippen LogP contribution >= 0.6 is 0 Å². The number of rotatable bonds is 1. The Balaban J connectivity index is 2.16. The summed E-state index contributed by atoms with van der Waals surface area (Å²) in [6, 6.07) is 0. The average Bonchev–Trinajstić information content (AvgIpc) is 2.63. The number of aryl methyl sites for hydroxylation is 1. The first-order chi connectivity index (χ1) is 7.18. The second-order valence-corrected chi connectivity index (χ2v) is 3.97. The van der Waals surface area contributed by atoms with E-state index < -0.39 is 0 Å². The Morgan fingerprint density at radius 3 is 2.93 bits per heavy atom. The average molecular weight is 205 g/mol. The molecule has 0 spiro atoms. The predicted molar refractivity (Wildman–Crippen MR) is 57.6 cm³/mol. The van der Waals surface area contributed by atoms with Crippen molar-refractivity contribution in [1.29, 1.82) is 0 Å². The van der Waals surface area contributed by atoms with E-state index in [4.69, 9.17) is 0 Å². The first-order valence-electron chi connectivity index (χ1n) is 5.13. The molecule has 0 saturated carbocycles. The van der Waals surface area contributed by atoms with Gasteiger partial charge in [-0.2, -0.15) is 5.10 Å². The Morgan fingerprint density at radius 1 is 1.53 bits per heavy atom. The zero-order chi connectivity index (χ0) is 10.8. The van der Waals surface area contributed by atoms with Gasteiger partial charge in [0.25, 0.3) is 5.91 Å². The van der Waals surface area contributed by atoms with Crippen molar-refractivity contribution in [3.05, 3.63) is 29.1 Å². The third-order valence-electron chi connectivity index (χ3n) is 2.68. The van der Waals surface area contributed by atoms with Crippen LogP contribution in [0, 0.1) is 6.92 Å². The predicted octanol–water partition coefficient (Wildman–Crippen LogP) is 1.51. The fourth-order valence-corrected chi connectivity index (χ4v) is 1.82. The van der Waals surface area contributed by atoms with E-state index in [-0.39, 0.29) is 5.91 Å². The van der Waals surface area contributed by atoms with Crippen molar-refractivity contribution in [2.24, 2.45) is 0 Å². The summed E-state index contributed by atoms with van der Waals surface area (Å²) in [4.78, 5) is 13.9. The van der Waals surface area contributed by atoms with Crippen LogP contribution in [0.3, 0.4) is 0 Å². The quantitative estimate of drug-likeness (QED) is 0.706. The maximum atomic E-state index is 12.1. The third kappa shape index (κ3) is 1.93. The van der Waals surface area contributed by atoms with Crippen LogP contribution in [0.4, 0.5) is 0 Å². The van der Waals surface area contributed by atoms with Gasteiger partial charge in [0.15, 0.2) is 0 Å². The Morgan fingerprint density at radius 2 is 2.33 bits per heavy atom. The van der Waals surface area contributed by atoms with Crippen molar-refractivity contribution in [3.63, 3.8) is 0 Å². The number of nitrogens with one attached hydrogen (secondary N) is 1. The molecular formula is C11H15N3O. The number of carbonyl (C=O) groups is 1. The zero-order valence-corrected chi connectivity index (χ0v) is 9.08. The number of nitrogens with zero attached hydrogens (tertiary/aromatic N) is 2. The summed E-state index contributed by atoms with van der Waals surface area (Å²) in [6.45, 7) is 5.47. The monoisotopic (exact) mass is 205 g/mol. The molecule has 2 rings (SSSR count). The lowest BCUT2D eigenvalue weighted by molar-refractivity contribution is 0.0765. The number of amides is 1. The summed E-state index contributed by atoms with van der Waals surface area (Å²) in [5.74, 6) is 0.0775. The molecule has 0 aromatic carbocycles. The topological polar surface area (TPSA) is 49.0 Å².